The maximum atomic E-state index is 13.3. The number of rotatable bonds is 4. The van der Waals surface area contributed by atoms with Crippen LogP contribution in [0.1, 0.15) is 4.88 Å². The summed E-state index contributed by atoms with van der Waals surface area (Å²) in [5.41, 5.74) is 1.95. The van der Waals surface area contributed by atoms with Crippen molar-refractivity contribution in [3.8, 4) is 9.75 Å². The van der Waals surface area contributed by atoms with Crippen LogP contribution in [0.2, 0.25) is 5.02 Å². The molecule has 7 nitrogen and oxygen atoms in total. The van der Waals surface area contributed by atoms with E-state index >= 15 is 0 Å². The Balaban J connectivity index is 1.67. The summed E-state index contributed by atoms with van der Waals surface area (Å²) < 4.78 is 43.0. The SMILES string of the molecule is CN1C(C(=O)Nc2ccc(F)c(Cl)c2)=CC(c2ccc(-c3cncs3)s2)=NS1(=O)=O. The molecule has 154 valence electrons. The molecule has 0 atom stereocenters. The van der Waals surface area contributed by atoms with Gasteiger partial charge < -0.3 is 5.32 Å². The first-order valence-corrected chi connectivity index (χ1v) is 11.8. The molecule has 0 bridgehead atoms. The number of thiophene rings is 1. The molecule has 0 spiro atoms. The molecule has 0 saturated heterocycles. The Labute approximate surface area is 184 Å². The van der Waals surface area contributed by atoms with Crippen molar-refractivity contribution in [3.05, 3.63) is 69.5 Å². The lowest BCUT2D eigenvalue weighted by atomic mass is 10.2. The van der Waals surface area contributed by atoms with Crippen LogP contribution in [-0.2, 0) is 15.0 Å². The summed E-state index contributed by atoms with van der Waals surface area (Å²) in [6.45, 7) is 0. The molecule has 1 aliphatic rings. The fourth-order valence-corrected chi connectivity index (χ4v) is 5.42. The van der Waals surface area contributed by atoms with Crippen LogP contribution in [0.4, 0.5) is 10.1 Å². The Hall–Kier alpha value is -2.60. The lowest BCUT2D eigenvalue weighted by Crippen LogP contribution is -2.35. The van der Waals surface area contributed by atoms with Gasteiger partial charge in [0.1, 0.15) is 11.5 Å². The summed E-state index contributed by atoms with van der Waals surface area (Å²) in [5, 5.41) is 2.36. The van der Waals surface area contributed by atoms with Gasteiger partial charge in [0.15, 0.2) is 0 Å². The van der Waals surface area contributed by atoms with Crippen LogP contribution in [0.15, 0.2) is 58.2 Å². The van der Waals surface area contributed by atoms with Gasteiger partial charge in [-0.2, -0.15) is 8.42 Å². The van der Waals surface area contributed by atoms with Crippen LogP contribution in [0.5, 0.6) is 0 Å². The van der Waals surface area contributed by atoms with Crippen molar-refractivity contribution < 1.29 is 17.6 Å². The number of benzene rings is 1. The summed E-state index contributed by atoms with van der Waals surface area (Å²) in [6, 6.07) is 7.25. The van der Waals surface area contributed by atoms with Crippen LogP contribution in [0, 0.1) is 5.82 Å². The largest absolute Gasteiger partial charge is 0.345 e. The van der Waals surface area contributed by atoms with E-state index in [0.717, 1.165) is 20.1 Å². The van der Waals surface area contributed by atoms with Crippen molar-refractivity contribution in [1.29, 1.82) is 0 Å². The molecular weight excluding hydrogens is 471 g/mol. The standard InChI is InChI=1S/C18H12ClFN4O3S3/c1-24-14(18(25)22-10-2-3-12(20)11(19)6-10)7-13(23-30(24,26)27)15-4-5-16(29-15)17-8-21-9-28-17/h2-9H,1H3,(H,22,25). The number of carbonyl (C=O) groups excluding carboxylic acids is 1. The minimum Gasteiger partial charge on any atom is -0.321 e. The van der Waals surface area contributed by atoms with Crippen LogP contribution >= 0.6 is 34.3 Å². The van der Waals surface area contributed by atoms with Crippen LogP contribution in [0.25, 0.3) is 9.75 Å². The van der Waals surface area contributed by atoms with E-state index in [2.05, 4.69) is 14.7 Å². The number of nitrogens with one attached hydrogen (secondary N) is 1. The Morgan fingerprint density at radius 3 is 2.67 bits per heavy atom. The zero-order chi connectivity index (χ0) is 21.5. The van der Waals surface area contributed by atoms with Gasteiger partial charge in [0.2, 0.25) is 0 Å². The van der Waals surface area contributed by atoms with Gasteiger partial charge in [-0.1, -0.05) is 11.6 Å². The van der Waals surface area contributed by atoms with Crippen molar-refractivity contribution in [2.24, 2.45) is 4.40 Å². The molecule has 0 saturated carbocycles. The molecule has 1 amide bonds. The molecule has 2 aromatic heterocycles. The number of allylic oxidation sites excluding steroid dienone is 1. The molecule has 0 unspecified atom stereocenters. The van der Waals surface area contributed by atoms with Gasteiger partial charge in [-0.3, -0.25) is 9.78 Å². The van der Waals surface area contributed by atoms with E-state index in [-0.39, 0.29) is 22.1 Å². The molecule has 0 fully saturated rings. The van der Waals surface area contributed by atoms with Crippen LogP contribution in [-0.4, -0.2) is 36.4 Å². The molecule has 4 rings (SSSR count). The van der Waals surface area contributed by atoms with Crippen molar-refractivity contribution in [1.82, 2.24) is 9.29 Å². The molecule has 12 heteroatoms. The normalized spacial score (nSPS) is 15.5. The Bertz CT molecular complexity index is 1300. The smallest absolute Gasteiger partial charge is 0.321 e. The number of thiazole rings is 1. The number of nitrogens with zero attached hydrogens (tertiary/aromatic N) is 3. The first-order valence-electron chi connectivity index (χ1n) is 8.30. The average Bonchev–Trinajstić information content (AvgIpc) is 3.38. The summed E-state index contributed by atoms with van der Waals surface area (Å²) in [7, 11) is -2.87. The minimum absolute atomic E-state index is 0.131. The van der Waals surface area contributed by atoms with Gasteiger partial charge in [0.05, 0.1) is 26.0 Å². The number of likely N-dealkylation sites (N-methyl/N-ethyl adjacent to an activating group) is 1. The molecule has 1 N–H and O–H groups in total. The topological polar surface area (TPSA) is 91.7 Å². The Kier molecular flexibility index (Phi) is 5.45. The molecule has 1 aliphatic heterocycles. The molecular formula is C18H12ClFN4O3S3. The van der Waals surface area contributed by atoms with E-state index in [1.54, 1.807) is 17.8 Å². The highest BCUT2D eigenvalue weighted by Crippen LogP contribution is 2.32. The van der Waals surface area contributed by atoms with Crippen molar-refractivity contribution in [2.75, 3.05) is 12.4 Å². The number of amides is 1. The van der Waals surface area contributed by atoms with Gasteiger partial charge in [-0.25, -0.2) is 8.70 Å². The second kappa shape index (κ2) is 7.91. The zero-order valence-corrected chi connectivity index (χ0v) is 18.4. The maximum absolute atomic E-state index is 13.3. The molecule has 0 aliphatic carbocycles. The van der Waals surface area contributed by atoms with Gasteiger partial charge in [-0.15, -0.1) is 27.1 Å². The van der Waals surface area contributed by atoms with E-state index in [9.17, 15) is 17.6 Å². The third-order valence-corrected chi connectivity index (χ3v) is 7.80. The van der Waals surface area contributed by atoms with Crippen LogP contribution < -0.4 is 5.32 Å². The summed E-state index contributed by atoms with van der Waals surface area (Å²) in [4.78, 5) is 19.2. The number of hydrogen-bond donors (Lipinski definition) is 1. The molecule has 3 heterocycles. The van der Waals surface area contributed by atoms with Crippen molar-refractivity contribution in [3.63, 3.8) is 0 Å². The predicted octanol–water partition coefficient (Wildman–Crippen LogP) is 4.17. The number of aromatic nitrogens is 1. The summed E-state index contributed by atoms with van der Waals surface area (Å²) in [6.07, 6.45) is 3.11. The summed E-state index contributed by atoms with van der Waals surface area (Å²) >= 11 is 8.54. The van der Waals surface area contributed by atoms with E-state index in [1.807, 2.05) is 6.07 Å². The van der Waals surface area contributed by atoms with Crippen molar-refractivity contribution >= 4 is 61.8 Å². The number of anilines is 1. The van der Waals surface area contributed by atoms with Gasteiger partial charge in [0.25, 0.3) is 5.91 Å². The monoisotopic (exact) mass is 482 g/mol. The fraction of sp³-hybridized carbons (Fsp3) is 0.0556. The van der Waals surface area contributed by atoms with Crippen LogP contribution in [0.3, 0.4) is 0 Å². The summed E-state index contributed by atoms with van der Waals surface area (Å²) in [5.74, 6) is -1.33. The molecule has 0 radical (unpaired) electrons. The van der Waals surface area contributed by atoms with E-state index < -0.39 is 21.9 Å². The molecule has 30 heavy (non-hydrogen) atoms. The maximum Gasteiger partial charge on any atom is 0.345 e. The van der Waals surface area contributed by atoms with E-state index in [1.165, 1.54) is 47.9 Å². The lowest BCUT2D eigenvalue weighted by Gasteiger charge is -2.23. The average molecular weight is 483 g/mol. The highest BCUT2D eigenvalue weighted by atomic mass is 35.5. The number of carbonyl (C=O) groups is 1. The Morgan fingerprint density at radius 1 is 1.20 bits per heavy atom. The first-order chi connectivity index (χ1) is 14.2. The predicted molar refractivity (Wildman–Crippen MR) is 117 cm³/mol. The minimum atomic E-state index is -4.10. The second-order valence-corrected chi connectivity index (χ2v) is 10.1. The Morgan fingerprint density at radius 2 is 1.97 bits per heavy atom. The highest BCUT2D eigenvalue weighted by molar-refractivity contribution is 7.88. The quantitative estimate of drug-likeness (QED) is 0.604. The van der Waals surface area contributed by atoms with E-state index in [0.29, 0.717) is 4.88 Å². The lowest BCUT2D eigenvalue weighted by molar-refractivity contribution is -0.113. The first kappa shape index (κ1) is 20.7. The zero-order valence-electron chi connectivity index (χ0n) is 15.2. The number of hydrogen-bond acceptors (Lipinski definition) is 6. The van der Waals surface area contributed by atoms with Crippen molar-refractivity contribution in [2.45, 2.75) is 0 Å². The number of halogens is 2. The fourth-order valence-electron chi connectivity index (χ4n) is 2.60. The van der Waals surface area contributed by atoms with E-state index in [4.69, 9.17) is 11.6 Å². The molecule has 3 aromatic rings. The second-order valence-electron chi connectivity index (χ2n) is 6.06. The van der Waals surface area contributed by atoms with Gasteiger partial charge in [-0.05, 0) is 36.4 Å². The molecule has 1 aromatic carbocycles. The van der Waals surface area contributed by atoms with Gasteiger partial charge >= 0.3 is 10.2 Å². The highest BCUT2D eigenvalue weighted by Gasteiger charge is 2.30. The van der Waals surface area contributed by atoms with Gasteiger partial charge in [0, 0.05) is 23.8 Å². The third-order valence-electron chi connectivity index (χ3n) is 4.12. The third kappa shape index (κ3) is 4.01.